The average molecular weight is 437 g/mol. The van der Waals surface area contributed by atoms with Gasteiger partial charge in [-0.3, -0.25) is 25.2 Å². The predicted molar refractivity (Wildman–Crippen MR) is 113 cm³/mol. The topological polar surface area (TPSA) is 113 Å². The lowest BCUT2D eigenvalue weighted by molar-refractivity contribution is -0.119. The van der Waals surface area contributed by atoms with Gasteiger partial charge in [0, 0.05) is 10.9 Å². The van der Waals surface area contributed by atoms with E-state index in [2.05, 4.69) is 21.3 Å². The number of thiophene rings is 1. The fraction of sp³-hybridized carbons (Fsp3) is 0.474. The van der Waals surface area contributed by atoms with Gasteiger partial charge in [0.05, 0.1) is 16.4 Å². The van der Waals surface area contributed by atoms with E-state index in [4.69, 9.17) is 4.52 Å². The number of thioether (sulfide) groups is 1. The van der Waals surface area contributed by atoms with Gasteiger partial charge in [0.25, 0.3) is 5.91 Å². The van der Waals surface area contributed by atoms with Crippen molar-refractivity contribution in [2.75, 3.05) is 16.8 Å². The van der Waals surface area contributed by atoms with Crippen LogP contribution in [-0.4, -0.2) is 34.4 Å². The Bertz CT molecular complexity index is 852. The Morgan fingerprint density at radius 3 is 2.59 bits per heavy atom. The number of nitrogens with one attached hydrogen (secondary N) is 3. The summed E-state index contributed by atoms with van der Waals surface area (Å²) in [6.07, 6.45) is 6.82. The van der Waals surface area contributed by atoms with Gasteiger partial charge in [0.1, 0.15) is 5.76 Å². The fourth-order valence-electron chi connectivity index (χ4n) is 3.02. The van der Waals surface area contributed by atoms with Crippen LogP contribution in [0.25, 0.3) is 0 Å². The SMILES string of the molecule is Cc1cc(NC(=O)CSCC(=O)NNC(=O)c2cc3c(s2)CCCCCC3)no1. The Kier molecular flexibility index (Phi) is 7.70. The van der Waals surface area contributed by atoms with Gasteiger partial charge >= 0.3 is 0 Å². The number of anilines is 1. The molecule has 0 bridgehead atoms. The maximum atomic E-state index is 12.3. The molecule has 2 aromatic heterocycles. The minimum atomic E-state index is -0.372. The van der Waals surface area contributed by atoms with Crippen LogP contribution in [0.3, 0.4) is 0 Å². The molecule has 1 aliphatic rings. The Morgan fingerprint density at radius 2 is 1.83 bits per heavy atom. The number of rotatable bonds is 6. The third-order valence-corrected chi connectivity index (χ3v) is 6.57. The molecule has 0 atom stereocenters. The van der Waals surface area contributed by atoms with Crippen LogP contribution >= 0.6 is 23.1 Å². The normalized spacial score (nSPS) is 13.7. The summed E-state index contributed by atoms with van der Waals surface area (Å²) >= 11 is 2.65. The number of hydrogen-bond acceptors (Lipinski definition) is 7. The van der Waals surface area contributed by atoms with Crippen molar-refractivity contribution < 1.29 is 18.9 Å². The third-order valence-electron chi connectivity index (χ3n) is 4.40. The zero-order chi connectivity index (χ0) is 20.6. The number of fused-ring (bicyclic) bond motifs is 1. The average Bonchev–Trinajstić information content (AvgIpc) is 3.25. The predicted octanol–water partition coefficient (Wildman–Crippen LogP) is 2.84. The molecule has 2 aromatic rings. The molecule has 3 amide bonds. The number of hydrogen-bond donors (Lipinski definition) is 3. The molecule has 1 aliphatic carbocycles. The first-order valence-corrected chi connectivity index (χ1v) is 11.5. The number of nitrogens with zero attached hydrogens (tertiary/aromatic N) is 1. The summed E-state index contributed by atoms with van der Waals surface area (Å²) in [5, 5.41) is 6.25. The van der Waals surface area contributed by atoms with Crippen molar-refractivity contribution in [2.45, 2.75) is 45.4 Å². The van der Waals surface area contributed by atoms with Gasteiger partial charge in [0.2, 0.25) is 11.8 Å². The molecular weight excluding hydrogens is 412 g/mol. The van der Waals surface area contributed by atoms with Gasteiger partial charge in [-0.05, 0) is 44.2 Å². The van der Waals surface area contributed by atoms with E-state index in [0.717, 1.165) is 37.4 Å². The molecule has 0 fully saturated rings. The van der Waals surface area contributed by atoms with Crippen molar-refractivity contribution in [1.29, 1.82) is 0 Å². The summed E-state index contributed by atoms with van der Waals surface area (Å²) in [5.41, 5.74) is 6.12. The summed E-state index contributed by atoms with van der Waals surface area (Å²) in [7, 11) is 0. The van der Waals surface area contributed by atoms with Crippen LogP contribution in [0, 0.1) is 6.92 Å². The lowest BCUT2D eigenvalue weighted by atomic mass is 10.00. The van der Waals surface area contributed by atoms with Crippen LogP contribution < -0.4 is 16.2 Å². The van der Waals surface area contributed by atoms with E-state index >= 15 is 0 Å². The van der Waals surface area contributed by atoms with Gasteiger partial charge in [-0.25, -0.2) is 0 Å². The van der Waals surface area contributed by atoms with Gasteiger partial charge in [0.15, 0.2) is 5.82 Å². The maximum Gasteiger partial charge on any atom is 0.279 e. The molecule has 10 heteroatoms. The second kappa shape index (κ2) is 10.4. The lowest BCUT2D eigenvalue weighted by Crippen LogP contribution is -2.42. The Morgan fingerprint density at radius 1 is 1.07 bits per heavy atom. The molecule has 2 heterocycles. The van der Waals surface area contributed by atoms with Gasteiger partial charge in [-0.1, -0.05) is 18.0 Å². The summed E-state index contributed by atoms with van der Waals surface area (Å²) in [4.78, 5) is 37.9. The number of hydrazine groups is 1. The highest BCUT2D eigenvalue weighted by molar-refractivity contribution is 8.00. The molecule has 3 N–H and O–H groups in total. The molecule has 156 valence electrons. The largest absolute Gasteiger partial charge is 0.360 e. The molecule has 0 aromatic carbocycles. The first-order chi connectivity index (χ1) is 14.0. The maximum absolute atomic E-state index is 12.3. The fourth-order valence-corrected chi connectivity index (χ4v) is 4.79. The Balaban J connectivity index is 1.37. The number of aromatic nitrogens is 1. The van der Waals surface area contributed by atoms with Crippen LogP contribution in [0.2, 0.25) is 0 Å². The van der Waals surface area contributed by atoms with Crippen molar-refractivity contribution in [2.24, 2.45) is 0 Å². The van der Waals surface area contributed by atoms with Crippen LogP contribution in [0.15, 0.2) is 16.7 Å². The third kappa shape index (κ3) is 6.60. The zero-order valence-electron chi connectivity index (χ0n) is 16.2. The van der Waals surface area contributed by atoms with Crippen LogP contribution in [-0.2, 0) is 22.4 Å². The summed E-state index contributed by atoms with van der Waals surface area (Å²) in [6, 6.07) is 3.55. The molecule has 0 aliphatic heterocycles. The molecule has 0 radical (unpaired) electrons. The van der Waals surface area contributed by atoms with Crippen LogP contribution in [0.5, 0.6) is 0 Å². The second-order valence-corrected chi connectivity index (χ2v) is 8.96. The van der Waals surface area contributed by atoms with Crippen LogP contribution in [0.1, 0.15) is 51.6 Å². The molecular formula is C19H24N4O4S2. The zero-order valence-corrected chi connectivity index (χ0v) is 17.8. The minimum Gasteiger partial charge on any atom is -0.360 e. The smallest absolute Gasteiger partial charge is 0.279 e. The standard InChI is InChI=1S/C19H24N4O4S2/c1-12-8-16(23-27-12)20-17(24)10-28-11-18(25)21-22-19(26)15-9-13-6-4-2-3-5-7-14(13)29-15/h8-9H,2-7,10-11H2,1H3,(H,21,25)(H,22,26)(H,20,23,24). The lowest BCUT2D eigenvalue weighted by Gasteiger charge is -2.07. The monoisotopic (exact) mass is 436 g/mol. The molecule has 0 spiro atoms. The van der Waals surface area contributed by atoms with E-state index in [9.17, 15) is 14.4 Å². The van der Waals surface area contributed by atoms with E-state index in [1.807, 2.05) is 6.07 Å². The number of amides is 3. The molecule has 0 saturated carbocycles. The molecule has 29 heavy (non-hydrogen) atoms. The van der Waals surface area contributed by atoms with E-state index < -0.39 is 0 Å². The van der Waals surface area contributed by atoms with E-state index in [-0.39, 0.29) is 29.2 Å². The molecule has 0 saturated heterocycles. The summed E-state index contributed by atoms with van der Waals surface area (Å²) in [6.45, 7) is 1.73. The first-order valence-electron chi connectivity index (χ1n) is 9.53. The van der Waals surface area contributed by atoms with Gasteiger partial charge < -0.3 is 9.84 Å². The van der Waals surface area contributed by atoms with Crippen molar-refractivity contribution >= 4 is 46.6 Å². The number of aryl methyl sites for hydroxylation is 3. The van der Waals surface area contributed by atoms with Gasteiger partial charge in [-0.2, -0.15) is 0 Å². The van der Waals surface area contributed by atoms with E-state index in [1.54, 1.807) is 13.0 Å². The van der Waals surface area contributed by atoms with E-state index in [0.29, 0.717) is 16.5 Å². The highest BCUT2D eigenvalue weighted by Crippen LogP contribution is 2.28. The molecule has 0 unspecified atom stereocenters. The molecule has 8 nitrogen and oxygen atoms in total. The molecule has 3 rings (SSSR count). The van der Waals surface area contributed by atoms with Gasteiger partial charge in [-0.15, -0.1) is 23.1 Å². The van der Waals surface area contributed by atoms with Crippen molar-refractivity contribution in [3.05, 3.63) is 33.2 Å². The highest BCUT2D eigenvalue weighted by Gasteiger charge is 2.16. The van der Waals surface area contributed by atoms with Crippen molar-refractivity contribution in [1.82, 2.24) is 16.0 Å². The summed E-state index contributed by atoms with van der Waals surface area (Å²) in [5.74, 6) is 0.117. The number of carbonyl (C=O) groups is 3. The Hall–Kier alpha value is -2.33. The quantitative estimate of drug-likeness (QED) is 0.600. The van der Waals surface area contributed by atoms with Crippen molar-refractivity contribution in [3.8, 4) is 0 Å². The number of carbonyl (C=O) groups excluding carboxylic acids is 3. The Labute approximate surface area is 177 Å². The van der Waals surface area contributed by atoms with Crippen LogP contribution in [0.4, 0.5) is 5.82 Å². The highest BCUT2D eigenvalue weighted by atomic mass is 32.2. The van der Waals surface area contributed by atoms with E-state index in [1.165, 1.54) is 34.6 Å². The second-order valence-electron chi connectivity index (χ2n) is 6.84. The minimum absolute atomic E-state index is 0.0481. The first kappa shape index (κ1) is 21.4. The summed E-state index contributed by atoms with van der Waals surface area (Å²) < 4.78 is 4.86. The van der Waals surface area contributed by atoms with Crippen molar-refractivity contribution in [3.63, 3.8) is 0 Å².